The molecule has 8 heteroatoms. The number of rotatable bonds is 4. The van der Waals surface area contributed by atoms with Crippen LogP contribution in [0.15, 0.2) is 46.6 Å². The summed E-state index contributed by atoms with van der Waals surface area (Å²) in [6, 6.07) is 11.4. The maximum atomic E-state index is 7.14. The lowest BCUT2D eigenvalue weighted by Crippen LogP contribution is -1.85. The van der Waals surface area contributed by atoms with Crippen molar-refractivity contribution in [1.29, 1.82) is 0 Å². The molecule has 0 aliphatic heterocycles. The highest BCUT2D eigenvalue weighted by molar-refractivity contribution is 7.16. The van der Waals surface area contributed by atoms with Crippen molar-refractivity contribution in [1.82, 2.24) is 9.36 Å². The van der Waals surface area contributed by atoms with Crippen LogP contribution in [0.2, 0.25) is 0 Å². The molecule has 3 rings (SSSR count). The molecule has 0 N–H and O–H groups in total. The van der Waals surface area contributed by atoms with Gasteiger partial charge in [0.25, 0.3) is 5.01 Å². The van der Waals surface area contributed by atoms with Crippen molar-refractivity contribution in [3.05, 3.63) is 69.9 Å². The van der Waals surface area contributed by atoms with Gasteiger partial charge in [0, 0.05) is 5.56 Å². The SMILES string of the molecule is [C-]#[N+]C([N+]#[C-])c1nc(-c2ccccc2)c(/N=N/c2cc(C)ns2)s1. The number of nitrogens with zero attached hydrogens (tertiary/aromatic N) is 6. The van der Waals surface area contributed by atoms with E-state index in [-0.39, 0.29) is 0 Å². The van der Waals surface area contributed by atoms with Gasteiger partial charge in [-0.25, -0.2) is 27.8 Å². The van der Waals surface area contributed by atoms with Gasteiger partial charge in [0.15, 0.2) is 10.0 Å². The lowest BCUT2D eigenvalue weighted by Gasteiger charge is -1.96. The van der Waals surface area contributed by atoms with Crippen molar-refractivity contribution in [2.24, 2.45) is 10.2 Å². The van der Waals surface area contributed by atoms with Gasteiger partial charge in [-0.05, 0) is 24.5 Å². The lowest BCUT2D eigenvalue weighted by atomic mass is 10.2. The number of benzene rings is 1. The van der Waals surface area contributed by atoms with E-state index in [4.69, 9.17) is 13.1 Å². The van der Waals surface area contributed by atoms with Gasteiger partial charge in [-0.15, -0.1) is 10.2 Å². The van der Waals surface area contributed by atoms with E-state index in [1.165, 1.54) is 22.9 Å². The summed E-state index contributed by atoms with van der Waals surface area (Å²) in [6.07, 6.45) is -0.938. The molecule has 116 valence electrons. The summed E-state index contributed by atoms with van der Waals surface area (Å²) < 4.78 is 4.17. The summed E-state index contributed by atoms with van der Waals surface area (Å²) in [5, 5.41) is 10.2. The Morgan fingerprint density at radius 1 is 1.12 bits per heavy atom. The third kappa shape index (κ3) is 3.35. The second-order valence-corrected chi connectivity index (χ2v) is 6.50. The minimum Gasteiger partial charge on any atom is -0.226 e. The molecule has 0 bridgehead atoms. The molecule has 0 aliphatic carbocycles. The number of aryl methyl sites for hydroxylation is 1. The monoisotopic (exact) mass is 350 g/mol. The fourth-order valence-electron chi connectivity index (χ4n) is 1.92. The van der Waals surface area contributed by atoms with E-state index in [0.29, 0.717) is 20.7 Å². The standard InChI is InChI=1S/C16H10N6S2/c1-10-9-12(24-22-10)20-21-15-13(11-7-5-4-6-8-11)19-16(23-15)14(17-2)18-3/h4-9,14H,1H3/b21-20+. The van der Waals surface area contributed by atoms with E-state index >= 15 is 0 Å². The first-order chi connectivity index (χ1) is 11.7. The van der Waals surface area contributed by atoms with Crippen molar-refractivity contribution < 1.29 is 0 Å². The van der Waals surface area contributed by atoms with E-state index in [1.807, 2.05) is 43.3 Å². The summed E-state index contributed by atoms with van der Waals surface area (Å²) in [6.45, 7) is 16.2. The number of aromatic nitrogens is 2. The van der Waals surface area contributed by atoms with E-state index in [9.17, 15) is 0 Å². The molecule has 2 aromatic heterocycles. The zero-order chi connectivity index (χ0) is 16.9. The van der Waals surface area contributed by atoms with Gasteiger partial charge in [-0.2, -0.15) is 4.37 Å². The van der Waals surface area contributed by atoms with Crippen molar-refractivity contribution >= 4 is 32.9 Å². The van der Waals surface area contributed by atoms with Crippen molar-refractivity contribution in [3.8, 4) is 11.3 Å². The number of hydrogen-bond donors (Lipinski definition) is 0. The average Bonchev–Trinajstić information content (AvgIpc) is 3.21. The molecule has 0 amide bonds. The molecule has 0 aliphatic rings. The Morgan fingerprint density at radius 2 is 1.88 bits per heavy atom. The van der Waals surface area contributed by atoms with Crippen LogP contribution in [0.3, 0.4) is 0 Å². The molecule has 0 radical (unpaired) electrons. The highest BCUT2D eigenvalue weighted by Gasteiger charge is 2.27. The van der Waals surface area contributed by atoms with Crippen LogP contribution in [0.4, 0.5) is 10.0 Å². The lowest BCUT2D eigenvalue weighted by molar-refractivity contribution is 1.04. The fourth-order valence-corrected chi connectivity index (χ4v) is 3.40. The van der Waals surface area contributed by atoms with Crippen LogP contribution in [-0.2, 0) is 0 Å². The minimum absolute atomic E-state index is 0.438. The minimum atomic E-state index is -0.938. The van der Waals surface area contributed by atoms with Crippen LogP contribution in [-0.4, -0.2) is 9.36 Å². The first-order valence-corrected chi connectivity index (χ1v) is 8.44. The molecule has 0 fully saturated rings. The van der Waals surface area contributed by atoms with Gasteiger partial charge in [-0.3, -0.25) is 0 Å². The van der Waals surface area contributed by atoms with Crippen LogP contribution in [0, 0.1) is 20.1 Å². The third-order valence-electron chi connectivity index (χ3n) is 2.99. The van der Waals surface area contributed by atoms with Crippen molar-refractivity contribution in [2.75, 3.05) is 0 Å². The van der Waals surface area contributed by atoms with Crippen LogP contribution in [0.5, 0.6) is 0 Å². The highest BCUT2D eigenvalue weighted by atomic mass is 32.1. The predicted molar refractivity (Wildman–Crippen MR) is 94.5 cm³/mol. The zero-order valence-electron chi connectivity index (χ0n) is 12.5. The van der Waals surface area contributed by atoms with Crippen molar-refractivity contribution in [2.45, 2.75) is 13.1 Å². The second kappa shape index (κ2) is 7.09. The summed E-state index contributed by atoms with van der Waals surface area (Å²) >= 11 is 2.49. The molecule has 0 spiro atoms. The summed E-state index contributed by atoms with van der Waals surface area (Å²) in [4.78, 5) is 11.1. The number of thiazole rings is 1. The topological polar surface area (TPSA) is 59.2 Å². The molecule has 0 unspecified atom stereocenters. The first-order valence-electron chi connectivity index (χ1n) is 6.85. The normalized spacial score (nSPS) is 10.8. The highest BCUT2D eigenvalue weighted by Crippen LogP contribution is 2.40. The van der Waals surface area contributed by atoms with E-state index in [0.717, 1.165) is 11.3 Å². The molecule has 0 atom stereocenters. The molecular formula is C16H10N6S2. The van der Waals surface area contributed by atoms with Gasteiger partial charge >= 0.3 is 6.17 Å². The Labute approximate surface area is 147 Å². The van der Waals surface area contributed by atoms with Gasteiger partial charge in [0.1, 0.15) is 5.69 Å². The largest absolute Gasteiger partial charge is 0.528 e. The Balaban J connectivity index is 2.04. The molecular weight excluding hydrogens is 340 g/mol. The molecule has 24 heavy (non-hydrogen) atoms. The molecule has 2 heterocycles. The Kier molecular flexibility index (Phi) is 4.71. The van der Waals surface area contributed by atoms with E-state index in [2.05, 4.69) is 29.3 Å². The van der Waals surface area contributed by atoms with Crippen LogP contribution < -0.4 is 0 Å². The van der Waals surface area contributed by atoms with Crippen molar-refractivity contribution in [3.63, 3.8) is 0 Å². The zero-order valence-corrected chi connectivity index (χ0v) is 14.2. The van der Waals surface area contributed by atoms with Gasteiger partial charge < -0.3 is 0 Å². The first kappa shape index (κ1) is 15.9. The van der Waals surface area contributed by atoms with Gasteiger partial charge in [0.2, 0.25) is 0 Å². The average molecular weight is 350 g/mol. The quantitative estimate of drug-likeness (QED) is 0.439. The summed E-state index contributed by atoms with van der Waals surface area (Å²) in [7, 11) is 0. The molecule has 3 aromatic rings. The van der Waals surface area contributed by atoms with Gasteiger partial charge in [-0.1, -0.05) is 41.7 Å². The maximum absolute atomic E-state index is 7.14. The van der Waals surface area contributed by atoms with Gasteiger partial charge in [0.05, 0.1) is 5.69 Å². The molecule has 1 aromatic carbocycles. The van der Waals surface area contributed by atoms with E-state index in [1.54, 1.807) is 0 Å². The molecule has 6 nitrogen and oxygen atoms in total. The Hall–Kier alpha value is -2.94. The number of hydrogen-bond acceptors (Lipinski definition) is 6. The summed E-state index contributed by atoms with van der Waals surface area (Å²) in [5.74, 6) is 0. The van der Waals surface area contributed by atoms with Crippen LogP contribution in [0.25, 0.3) is 20.9 Å². The molecule has 0 saturated carbocycles. The summed E-state index contributed by atoms with van der Waals surface area (Å²) in [5.41, 5.74) is 2.41. The second-order valence-electron chi connectivity index (χ2n) is 4.71. The Morgan fingerprint density at radius 3 is 2.50 bits per heavy atom. The van der Waals surface area contributed by atoms with Crippen LogP contribution >= 0.6 is 22.9 Å². The molecule has 0 saturated heterocycles. The number of azo groups is 1. The predicted octanol–water partition coefficient (Wildman–Crippen LogP) is 5.83. The third-order valence-corrected chi connectivity index (χ3v) is 4.74. The van der Waals surface area contributed by atoms with E-state index < -0.39 is 6.17 Å². The smallest absolute Gasteiger partial charge is 0.226 e. The fraction of sp³-hybridized carbons (Fsp3) is 0.125. The Bertz CT molecular complexity index is 945. The maximum Gasteiger partial charge on any atom is 0.528 e. The van der Waals surface area contributed by atoms with Crippen LogP contribution in [0.1, 0.15) is 16.9 Å².